The highest BCUT2D eigenvalue weighted by molar-refractivity contribution is 5.20. The van der Waals surface area contributed by atoms with Gasteiger partial charge in [-0.3, -0.25) is 4.74 Å². The quantitative estimate of drug-likeness (QED) is 0.492. The Kier molecular flexibility index (Phi) is 7.33. The maximum absolute atomic E-state index is 13.8. The molecule has 0 aliphatic rings. The summed E-state index contributed by atoms with van der Waals surface area (Å²) >= 11 is 0. The predicted octanol–water partition coefficient (Wildman–Crippen LogP) is 5.41. The summed E-state index contributed by atoms with van der Waals surface area (Å²) in [6.45, 7) is -5.05. The molecule has 2 unspecified atom stereocenters. The fourth-order valence-corrected chi connectivity index (χ4v) is 1.65. The lowest BCUT2D eigenvalue weighted by molar-refractivity contribution is -0.480. The molecule has 0 radical (unpaired) electrons. The van der Waals surface area contributed by atoms with Gasteiger partial charge in [0.25, 0.3) is 0 Å². The van der Waals surface area contributed by atoms with Gasteiger partial charge in [-0.05, 0) is 12.1 Å². The average molecular weight is 454 g/mol. The summed E-state index contributed by atoms with van der Waals surface area (Å²) in [6, 6.07) is 5.97. The highest BCUT2D eigenvalue weighted by atomic mass is 19.4. The molecule has 29 heavy (non-hydrogen) atoms. The first-order valence-corrected chi connectivity index (χ1v) is 7.15. The molecule has 0 bridgehead atoms. The zero-order chi connectivity index (χ0) is 22.7. The summed E-state index contributed by atoms with van der Waals surface area (Å²) in [6.07, 6.45) is -28.8. The van der Waals surface area contributed by atoms with Crippen molar-refractivity contribution in [3.05, 3.63) is 30.3 Å². The molecule has 3 nitrogen and oxygen atoms in total. The third-order valence-electron chi connectivity index (χ3n) is 2.97. The largest absolute Gasteiger partial charge is 0.491 e. The number of halogens is 12. The molecule has 1 rings (SSSR count). The number of alkyl halides is 12. The van der Waals surface area contributed by atoms with Crippen LogP contribution in [0.25, 0.3) is 0 Å². The highest BCUT2D eigenvalue weighted by Crippen LogP contribution is 2.48. The second kappa shape index (κ2) is 8.45. The van der Waals surface area contributed by atoms with Crippen molar-refractivity contribution in [3.63, 3.8) is 0 Å². The van der Waals surface area contributed by atoms with E-state index in [-0.39, 0.29) is 5.75 Å². The van der Waals surface area contributed by atoms with Crippen molar-refractivity contribution in [1.29, 1.82) is 0 Å². The zero-order valence-electron chi connectivity index (χ0n) is 13.6. The third kappa shape index (κ3) is 6.83. The van der Waals surface area contributed by atoms with Crippen LogP contribution in [0.2, 0.25) is 0 Å². The van der Waals surface area contributed by atoms with Crippen molar-refractivity contribution in [3.8, 4) is 5.75 Å². The molecule has 0 aromatic heterocycles. The summed E-state index contributed by atoms with van der Waals surface area (Å²) in [4.78, 5) is 0. The third-order valence-corrected chi connectivity index (χ3v) is 2.97. The molecule has 0 spiro atoms. The summed E-state index contributed by atoms with van der Waals surface area (Å²) in [5.41, 5.74) is 0. The van der Waals surface area contributed by atoms with Gasteiger partial charge in [0.1, 0.15) is 19.0 Å². The van der Waals surface area contributed by atoms with Gasteiger partial charge in [-0.1, -0.05) is 18.2 Å². The van der Waals surface area contributed by atoms with E-state index in [1.165, 1.54) is 18.2 Å². The Balaban J connectivity index is 3.11. The normalized spacial score (nSPS) is 17.0. The lowest BCUT2D eigenvalue weighted by Gasteiger charge is -2.36. The fourth-order valence-electron chi connectivity index (χ4n) is 1.65. The van der Waals surface area contributed by atoms with Crippen LogP contribution >= 0.6 is 0 Å². The molecule has 2 atom stereocenters. The molecule has 15 heteroatoms. The number of hydrogen-bond donors (Lipinski definition) is 0. The van der Waals surface area contributed by atoms with Crippen LogP contribution in [0.1, 0.15) is 0 Å². The average Bonchev–Trinajstić information content (AvgIpc) is 2.54. The van der Waals surface area contributed by atoms with E-state index in [0.717, 1.165) is 12.1 Å². The van der Waals surface area contributed by atoms with Gasteiger partial charge < -0.3 is 9.47 Å². The highest BCUT2D eigenvalue weighted by Gasteiger charge is 2.76. The summed E-state index contributed by atoms with van der Waals surface area (Å²) < 4.78 is 164. The molecule has 0 saturated heterocycles. The SMILES string of the molecule is FC(F)(F)COC(F)(C(F)(F)F)C(F)(F)OC(COc1ccccc1)C(F)(F)F. The van der Waals surface area contributed by atoms with E-state index in [1.807, 2.05) is 0 Å². The molecule has 1 aromatic carbocycles. The molecular weight excluding hydrogens is 444 g/mol. The van der Waals surface area contributed by atoms with Gasteiger partial charge in [0.2, 0.25) is 0 Å². The molecule has 0 aliphatic heterocycles. The first-order valence-electron chi connectivity index (χ1n) is 7.15. The van der Waals surface area contributed by atoms with Crippen LogP contribution in [0.3, 0.4) is 0 Å². The van der Waals surface area contributed by atoms with Crippen molar-refractivity contribution in [2.75, 3.05) is 13.2 Å². The van der Waals surface area contributed by atoms with Gasteiger partial charge in [-0.25, -0.2) is 0 Å². The molecule has 0 N–H and O–H groups in total. The minimum absolute atomic E-state index is 0.343. The van der Waals surface area contributed by atoms with E-state index < -0.39 is 49.8 Å². The zero-order valence-corrected chi connectivity index (χ0v) is 13.6. The predicted molar refractivity (Wildman–Crippen MR) is 69.7 cm³/mol. The lowest BCUT2D eigenvalue weighted by Crippen LogP contribution is -2.61. The van der Waals surface area contributed by atoms with Crippen molar-refractivity contribution in [2.24, 2.45) is 0 Å². The molecule has 0 heterocycles. The van der Waals surface area contributed by atoms with Crippen LogP contribution in [-0.4, -0.2) is 49.8 Å². The Morgan fingerprint density at radius 2 is 1.28 bits per heavy atom. The second-order valence-electron chi connectivity index (χ2n) is 5.29. The minimum atomic E-state index is -6.89. The first-order chi connectivity index (χ1) is 12.9. The van der Waals surface area contributed by atoms with Crippen molar-refractivity contribution < 1.29 is 66.9 Å². The van der Waals surface area contributed by atoms with Crippen LogP contribution < -0.4 is 4.74 Å². The van der Waals surface area contributed by atoms with E-state index in [4.69, 9.17) is 0 Å². The molecule has 0 fully saturated rings. The van der Waals surface area contributed by atoms with Gasteiger partial charge >= 0.3 is 30.5 Å². The number of ether oxygens (including phenoxy) is 3. The summed E-state index contributed by atoms with van der Waals surface area (Å²) in [5.74, 6) is -6.88. The Morgan fingerprint density at radius 1 is 0.759 bits per heavy atom. The van der Waals surface area contributed by atoms with Gasteiger partial charge in [0.15, 0.2) is 6.10 Å². The monoisotopic (exact) mass is 454 g/mol. The van der Waals surface area contributed by atoms with Crippen molar-refractivity contribution in [2.45, 2.75) is 36.6 Å². The van der Waals surface area contributed by atoms with Gasteiger partial charge in [-0.15, -0.1) is 0 Å². The summed E-state index contributed by atoms with van der Waals surface area (Å²) in [7, 11) is 0. The smallest absolute Gasteiger partial charge is 0.457 e. The number of benzene rings is 1. The molecule has 0 aliphatic carbocycles. The van der Waals surface area contributed by atoms with Crippen LogP contribution in [-0.2, 0) is 9.47 Å². The molecule has 1 aromatic rings. The second-order valence-corrected chi connectivity index (χ2v) is 5.29. The van der Waals surface area contributed by atoms with Crippen LogP contribution in [0.5, 0.6) is 5.75 Å². The first kappa shape index (κ1) is 25.1. The Hall–Kier alpha value is -1.90. The van der Waals surface area contributed by atoms with Crippen LogP contribution in [0.4, 0.5) is 52.7 Å². The van der Waals surface area contributed by atoms with Crippen LogP contribution in [0.15, 0.2) is 30.3 Å². The molecule has 0 amide bonds. The van der Waals surface area contributed by atoms with Gasteiger partial charge in [0, 0.05) is 0 Å². The Morgan fingerprint density at radius 3 is 1.69 bits per heavy atom. The number of hydrogen-bond acceptors (Lipinski definition) is 3. The summed E-state index contributed by atoms with van der Waals surface area (Å²) in [5, 5.41) is 0. The molecule has 0 saturated carbocycles. The molecular formula is C14H10F12O3. The Bertz CT molecular complexity index is 640. The minimum Gasteiger partial charge on any atom is -0.491 e. The standard InChI is InChI=1S/C14H10F12O3/c15-10(16,17)7-28-12(21,13(22,23)24)14(25,26)29-9(11(18,19)20)6-27-8-4-2-1-3-5-8/h1-5,9H,6-7H2. The van der Waals surface area contributed by atoms with Crippen LogP contribution in [0, 0.1) is 0 Å². The van der Waals surface area contributed by atoms with Crippen molar-refractivity contribution in [1.82, 2.24) is 0 Å². The van der Waals surface area contributed by atoms with E-state index >= 15 is 0 Å². The Labute approximate surface area is 154 Å². The van der Waals surface area contributed by atoms with Crippen molar-refractivity contribution >= 4 is 0 Å². The van der Waals surface area contributed by atoms with Gasteiger partial charge in [0.05, 0.1) is 0 Å². The van der Waals surface area contributed by atoms with Gasteiger partial charge in [-0.2, -0.15) is 52.7 Å². The number of para-hydroxylation sites is 1. The topological polar surface area (TPSA) is 27.7 Å². The molecule has 168 valence electrons. The van der Waals surface area contributed by atoms with E-state index in [0.29, 0.717) is 0 Å². The maximum atomic E-state index is 13.8. The maximum Gasteiger partial charge on any atom is 0.457 e. The number of rotatable bonds is 8. The van der Waals surface area contributed by atoms with E-state index in [9.17, 15) is 52.7 Å². The fraction of sp³-hybridized carbons (Fsp3) is 0.571. The lowest BCUT2D eigenvalue weighted by atomic mass is 10.2. The van der Waals surface area contributed by atoms with E-state index in [2.05, 4.69) is 14.2 Å². The van der Waals surface area contributed by atoms with E-state index in [1.54, 1.807) is 0 Å².